The lowest BCUT2D eigenvalue weighted by Gasteiger charge is -2.13. The molecule has 0 saturated carbocycles. The average Bonchev–Trinajstić information content (AvgIpc) is 2.81. The highest BCUT2D eigenvalue weighted by Gasteiger charge is 2.31. The Kier molecular flexibility index (Phi) is 7.01. The molecule has 0 radical (unpaired) electrons. The van der Waals surface area contributed by atoms with Gasteiger partial charge >= 0.3 is 5.97 Å². The number of aromatic carboxylic acids is 1. The Bertz CT molecular complexity index is 559. The van der Waals surface area contributed by atoms with Gasteiger partial charge in [0.2, 0.25) is 11.8 Å². The zero-order valence-electron chi connectivity index (χ0n) is 12.8. The number of nitrogens with zero attached hydrogens (tertiary/aromatic N) is 1. The van der Waals surface area contributed by atoms with Crippen LogP contribution in [0.3, 0.4) is 0 Å². The molecule has 7 N–H and O–H groups in total. The van der Waals surface area contributed by atoms with Crippen molar-refractivity contribution in [2.24, 2.45) is 17.4 Å². The van der Waals surface area contributed by atoms with E-state index < -0.39 is 11.9 Å². The standard InChI is InChI=1S/C8H15N3O2.C7H7NO2/c9-3-1-6-2-4-11(8(6)13)5-7(10)12;8-6-3-1-5(2-4-6)7(9)10/h6H,1-5,9H2,(H2,10,12);1-4H,8H2,(H,9,10). The lowest BCUT2D eigenvalue weighted by molar-refractivity contribution is -0.134. The molecule has 1 fully saturated rings. The van der Waals surface area contributed by atoms with Gasteiger partial charge in [0.15, 0.2) is 0 Å². The second-order valence-corrected chi connectivity index (χ2v) is 5.22. The van der Waals surface area contributed by atoms with Crippen molar-refractivity contribution in [2.75, 3.05) is 25.4 Å². The summed E-state index contributed by atoms with van der Waals surface area (Å²) < 4.78 is 0. The highest BCUT2D eigenvalue weighted by Crippen LogP contribution is 2.19. The first-order valence-electron chi connectivity index (χ1n) is 7.21. The normalized spacial score (nSPS) is 16.7. The third kappa shape index (κ3) is 5.95. The number of amides is 2. The molecule has 1 aromatic rings. The minimum absolute atomic E-state index is 0.00403. The van der Waals surface area contributed by atoms with Gasteiger partial charge in [-0.1, -0.05) is 0 Å². The lowest BCUT2D eigenvalue weighted by atomic mass is 10.0. The molecule has 126 valence electrons. The van der Waals surface area contributed by atoms with Crippen molar-refractivity contribution in [3.05, 3.63) is 29.8 Å². The number of rotatable bonds is 5. The molecule has 1 saturated heterocycles. The van der Waals surface area contributed by atoms with Crippen LogP contribution in [0.2, 0.25) is 0 Å². The van der Waals surface area contributed by atoms with Gasteiger partial charge in [-0.2, -0.15) is 0 Å². The number of anilines is 1. The molecule has 0 aliphatic carbocycles. The molecule has 0 aromatic heterocycles. The number of carboxylic acids is 1. The maximum Gasteiger partial charge on any atom is 0.335 e. The van der Waals surface area contributed by atoms with E-state index >= 15 is 0 Å². The van der Waals surface area contributed by atoms with Crippen LogP contribution in [0.25, 0.3) is 0 Å². The fourth-order valence-corrected chi connectivity index (χ4v) is 2.24. The van der Waals surface area contributed by atoms with E-state index in [2.05, 4.69) is 0 Å². The van der Waals surface area contributed by atoms with Gasteiger partial charge in [0.1, 0.15) is 0 Å². The van der Waals surface area contributed by atoms with Gasteiger partial charge in [-0.3, -0.25) is 9.59 Å². The van der Waals surface area contributed by atoms with Crippen LogP contribution in [0.4, 0.5) is 5.69 Å². The molecule has 1 unspecified atom stereocenters. The number of nitrogen functional groups attached to an aromatic ring is 1. The van der Waals surface area contributed by atoms with Crippen LogP contribution in [-0.2, 0) is 9.59 Å². The van der Waals surface area contributed by atoms with Crippen molar-refractivity contribution in [2.45, 2.75) is 12.8 Å². The van der Waals surface area contributed by atoms with Crippen LogP contribution in [-0.4, -0.2) is 47.4 Å². The van der Waals surface area contributed by atoms with Crippen LogP contribution in [0, 0.1) is 5.92 Å². The smallest absolute Gasteiger partial charge is 0.335 e. The molecule has 23 heavy (non-hydrogen) atoms. The van der Waals surface area contributed by atoms with Crippen molar-refractivity contribution < 1.29 is 19.5 Å². The first-order valence-corrected chi connectivity index (χ1v) is 7.21. The lowest BCUT2D eigenvalue weighted by Crippen LogP contribution is -2.36. The first-order chi connectivity index (χ1) is 10.8. The van der Waals surface area contributed by atoms with Crippen molar-refractivity contribution in [1.29, 1.82) is 0 Å². The number of hydrogen-bond donors (Lipinski definition) is 4. The Morgan fingerprint density at radius 3 is 2.35 bits per heavy atom. The van der Waals surface area contributed by atoms with Crippen LogP contribution in [0.5, 0.6) is 0 Å². The average molecular weight is 322 g/mol. The third-order valence-corrected chi connectivity index (χ3v) is 3.43. The number of nitrogens with two attached hydrogens (primary N) is 3. The molecule has 1 aliphatic rings. The van der Waals surface area contributed by atoms with E-state index in [9.17, 15) is 14.4 Å². The van der Waals surface area contributed by atoms with E-state index in [1.807, 2.05) is 0 Å². The highest BCUT2D eigenvalue weighted by molar-refractivity contribution is 5.88. The Morgan fingerprint density at radius 1 is 1.26 bits per heavy atom. The topological polar surface area (TPSA) is 153 Å². The van der Waals surface area contributed by atoms with Crippen molar-refractivity contribution in [3.8, 4) is 0 Å². The summed E-state index contributed by atoms with van der Waals surface area (Å²) in [5.41, 5.74) is 16.5. The minimum atomic E-state index is -0.931. The number of benzene rings is 1. The molecule has 1 aromatic carbocycles. The van der Waals surface area contributed by atoms with E-state index in [0.29, 0.717) is 25.2 Å². The van der Waals surface area contributed by atoms with Crippen molar-refractivity contribution in [1.82, 2.24) is 4.90 Å². The molecule has 1 heterocycles. The zero-order valence-corrected chi connectivity index (χ0v) is 12.8. The van der Waals surface area contributed by atoms with Gasteiger partial charge < -0.3 is 27.2 Å². The molecule has 1 atom stereocenters. The van der Waals surface area contributed by atoms with Crippen LogP contribution >= 0.6 is 0 Å². The van der Waals surface area contributed by atoms with E-state index in [4.69, 9.17) is 22.3 Å². The predicted molar refractivity (Wildman–Crippen MR) is 85.4 cm³/mol. The maximum atomic E-state index is 11.5. The number of primary amides is 1. The molecule has 1 aliphatic heterocycles. The largest absolute Gasteiger partial charge is 0.478 e. The first kappa shape index (κ1) is 18.4. The Labute approximate surface area is 134 Å². The van der Waals surface area contributed by atoms with E-state index in [1.54, 1.807) is 12.1 Å². The molecule has 8 heteroatoms. The number of likely N-dealkylation sites (tertiary alicyclic amines) is 1. The summed E-state index contributed by atoms with van der Waals surface area (Å²) >= 11 is 0. The summed E-state index contributed by atoms with van der Waals surface area (Å²) in [5.74, 6) is -1.37. The summed E-state index contributed by atoms with van der Waals surface area (Å²) in [6, 6.07) is 6.06. The molecular formula is C15H22N4O4. The maximum absolute atomic E-state index is 11.5. The van der Waals surface area contributed by atoms with Crippen LogP contribution < -0.4 is 17.2 Å². The number of carbonyl (C=O) groups is 3. The second kappa shape index (κ2) is 8.74. The van der Waals surface area contributed by atoms with Gasteiger partial charge in [-0.25, -0.2) is 4.79 Å². The highest BCUT2D eigenvalue weighted by atomic mass is 16.4. The quantitative estimate of drug-likeness (QED) is 0.543. The minimum Gasteiger partial charge on any atom is -0.478 e. The molecule has 0 bridgehead atoms. The Hall–Kier alpha value is -2.61. The van der Waals surface area contributed by atoms with E-state index in [0.717, 1.165) is 6.42 Å². The molecule has 0 spiro atoms. The second-order valence-electron chi connectivity index (χ2n) is 5.22. The van der Waals surface area contributed by atoms with Crippen molar-refractivity contribution >= 4 is 23.5 Å². The molecule has 2 rings (SSSR count). The Balaban J connectivity index is 0.000000238. The monoisotopic (exact) mass is 322 g/mol. The fraction of sp³-hybridized carbons (Fsp3) is 0.400. The van der Waals surface area contributed by atoms with Gasteiger partial charge in [-0.05, 0) is 43.7 Å². The van der Waals surface area contributed by atoms with Crippen molar-refractivity contribution in [3.63, 3.8) is 0 Å². The summed E-state index contributed by atoms with van der Waals surface area (Å²) in [6.07, 6.45) is 1.50. The third-order valence-electron chi connectivity index (χ3n) is 3.43. The van der Waals surface area contributed by atoms with Gasteiger partial charge in [-0.15, -0.1) is 0 Å². The SMILES string of the molecule is NCCC1CCN(CC(N)=O)C1=O.Nc1ccc(C(=O)O)cc1. The van der Waals surface area contributed by atoms with Gasteiger partial charge in [0.25, 0.3) is 0 Å². The van der Waals surface area contributed by atoms with E-state index in [1.165, 1.54) is 17.0 Å². The predicted octanol–water partition coefficient (Wildman–Crippen LogP) is -0.364. The molecular weight excluding hydrogens is 300 g/mol. The summed E-state index contributed by atoms with van der Waals surface area (Å²) in [5, 5.41) is 8.43. The Morgan fingerprint density at radius 2 is 1.87 bits per heavy atom. The molecule has 8 nitrogen and oxygen atoms in total. The van der Waals surface area contributed by atoms with Crippen LogP contribution in [0.1, 0.15) is 23.2 Å². The van der Waals surface area contributed by atoms with E-state index in [-0.39, 0.29) is 23.9 Å². The van der Waals surface area contributed by atoms with Crippen LogP contribution in [0.15, 0.2) is 24.3 Å². The number of carbonyl (C=O) groups excluding carboxylic acids is 2. The number of hydrogen-bond acceptors (Lipinski definition) is 5. The summed E-state index contributed by atoms with van der Waals surface area (Å²) in [4.78, 5) is 33.8. The fourth-order valence-electron chi connectivity index (χ4n) is 2.24. The van der Waals surface area contributed by atoms with Gasteiger partial charge in [0, 0.05) is 18.2 Å². The number of carboxylic acid groups (broad SMARTS) is 1. The van der Waals surface area contributed by atoms with Gasteiger partial charge in [0.05, 0.1) is 12.1 Å². The summed E-state index contributed by atoms with van der Waals surface area (Å²) in [6.45, 7) is 1.19. The molecule has 2 amide bonds. The zero-order chi connectivity index (χ0) is 17.4. The summed E-state index contributed by atoms with van der Waals surface area (Å²) in [7, 11) is 0.